The predicted octanol–water partition coefficient (Wildman–Crippen LogP) is 0.381. The van der Waals surface area contributed by atoms with Gasteiger partial charge in [-0.1, -0.05) is 13.8 Å². The van der Waals surface area contributed by atoms with Crippen LogP contribution in [0.2, 0.25) is 0 Å². The minimum absolute atomic E-state index is 0.0328. The van der Waals surface area contributed by atoms with Crippen LogP contribution >= 0.6 is 0 Å². The Morgan fingerprint density at radius 2 is 1.92 bits per heavy atom. The van der Waals surface area contributed by atoms with Crippen molar-refractivity contribution in [3.05, 3.63) is 0 Å². The van der Waals surface area contributed by atoms with Crippen LogP contribution in [0.4, 0.5) is 0 Å². The van der Waals surface area contributed by atoms with Crippen molar-refractivity contribution in [2.75, 3.05) is 20.1 Å². The van der Waals surface area contributed by atoms with Crippen molar-refractivity contribution in [1.82, 2.24) is 10.2 Å². The zero-order chi connectivity index (χ0) is 10.3. The van der Waals surface area contributed by atoms with Gasteiger partial charge in [0.05, 0.1) is 6.54 Å². The molecular weight excluding hydrogens is 168 g/mol. The zero-order valence-electron chi connectivity index (χ0n) is 8.59. The monoisotopic (exact) mass is 186 g/mol. The first-order valence-electron chi connectivity index (χ1n) is 4.64. The molecular formula is C9H18N2O2. The van der Waals surface area contributed by atoms with Gasteiger partial charge in [-0.25, -0.2) is 0 Å². The van der Waals surface area contributed by atoms with E-state index in [1.165, 1.54) is 0 Å². The van der Waals surface area contributed by atoms with E-state index in [9.17, 15) is 9.59 Å². The fourth-order valence-electron chi connectivity index (χ4n) is 1.04. The molecule has 0 bridgehead atoms. The molecule has 0 atom stereocenters. The third-order valence-electron chi connectivity index (χ3n) is 1.76. The van der Waals surface area contributed by atoms with Crippen LogP contribution in [0.1, 0.15) is 26.7 Å². The van der Waals surface area contributed by atoms with Gasteiger partial charge in [-0.3, -0.25) is 9.59 Å². The summed E-state index contributed by atoms with van der Waals surface area (Å²) in [5.74, 6) is -0.0827. The van der Waals surface area contributed by atoms with Gasteiger partial charge in [0.1, 0.15) is 0 Å². The molecule has 0 aromatic carbocycles. The van der Waals surface area contributed by atoms with Gasteiger partial charge in [0, 0.05) is 20.0 Å². The van der Waals surface area contributed by atoms with Crippen LogP contribution in [0.5, 0.6) is 0 Å². The highest BCUT2D eigenvalue weighted by Gasteiger charge is 2.12. The molecule has 4 nitrogen and oxygen atoms in total. The van der Waals surface area contributed by atoms with Gasteiger partial charge in [-0.2, -0.15) is 0 Å². The average Bonchev–Trinajstić information content (AvgIpc) is 2.15. The van der Waals surface area contributed by atoms with Gasteiger partial charge >= 0.3 is 0 Å². The molecule has 1 N–H and O–H groups in total. The number of hydrogen-bond donors (Lipinski definition) is 1. The van der Waals surface area contributed by atoms with E-state index in [-0.39, 0.29) is 18.4 Å². The van der Waals surface area contributed by atoms with E-state index in [4.69, 9.17) is 0 Å². The summed E-state index contributed by atoms with van der Waals surface area (Å²) in [6.45, 7) is 4.62. The first-order valence-corrected chi connectivity index (χ1v) is 4.64. The number of rotatable bonds is 5. The quantitative estimate of drug-likeness (QED) is 0.675. The highest BCUT2D eigenvalue weighted by atomic mass is 16.2. The first kappa shape index (κ1) is 11.9. The van der Waals surface area contributed by atoms with Crippen molar-refractivity contribution in [1.29, 1.82) is 0 Å². The summed E-state index contributed by atoms with van der Waals surface area (Å²) in [5, 5.41) is 2.50. The highest BCUT2D eigenvalue weighted by Crippen LogP contribution is 1.95. The molecule has 0 aromatic rings. The van der Waals surface area contributed by atoms with E-state index >= 15 is 0 Å². The lowest BCUT2D eigenvalue weighted by Gasteiger charge is -2.20. The second kappa shape index (κ2) is 6.46. The number of nitrogens with zero attached hydrogens (tertiary/aromatic N) is 1. The molecule has 0 aromatic heterocycles. The zero-order valence-corrected chi connectivity index (χ0v) is 8.59. The molecule has 0 radical (unpaired) electrons. The van der Waals surface area contributed by atoms with Crippen LogP contribution in [-0.2, 0) is 9.59 Å². The highest BCUT2D eigenvalue weighted by molar-refractivity contribution is 5.84. The average molecular weight is 186 g/mol. The molecule has 0 heterocycles. The molecule has 0 saturated carbocycles. The summed E-state index contributed by atoms with van der Waals surface area (Å²) in [7, 11) is 1.57. The van der Waals surface area contributed by atoms with Gasteiger partial charge in [-0.05, 0) is 6.42 Å². The molecule has 0 rings (SSSR count). The Labute approximate surface area is 79.3 Å². The molecule has 76 valence electrons. The minimum atomic E-state index is -0.116. The molecule has 2 amide bonds. The Morgan fingerprint density at radius 3 is 2.31 bits per heavy atom. The van der Waals surface area contributed by atoms with Crippen LogP contribution in [-0.4, -0.2) is 36.9 Å². The summed E-state index contributed by atoms with van der Waals surface area (Å²) >= 11 is 0. The SMILES string of the molecule is CCCN(CC(=O)NC)C(=O)CC. The third-order valence-corrected chi connectivity index (χ3v) is 1.76. The lowest BCUT2D eigenvalue weighted by molar-refractivity contribution is -0.135. The lowest BCUT2D eigenvalue weighted by atomic mass is 10.3. The Hall–Kier alpha value is -1.06. The van der Waals surface area contributed by atoms with Crippen molar-refractivity contribution >= 4 is 11.8 Å². The van der Waals surface area contributed by atoms with Crippen LogP contribution in [0, 0.1) is 0 Å². The molecule has 0 spiro atoms. The fourth-order valence-corrected chi connectivity index (χ4v) is 1.04. The topological polar surface area (TPSA) is 49.4 Å². The lowest BCUT2D eigenvalue weighted by Crippen LogP contribution is -2.39. The summed E-state index contributed by atoms with van der Waals surface area (Å²) in [4.78, 5) is 23.9. The standard InChI is InChI=1S/C9H18N2O2/c1-4-6-11(9(13)5-2)7-8(12)10-3/h4-7H2,1-3H3,(H,10,12). The maximum atomic E-state index is 11.3. The van der Waals surface area contributed by atoms with Crippen molar-refractivity contribution in [3.63, 3.8) is 0 Å². The number of likely N-dealkylation sites (N-methyl/N-ethyl adjacent to an activating group) is 1. The van der Waals surface area contributed by atoms with E-state index in [1.54, 1.807) is 18.9 Å². The van der Waals surface area contributed by atoms with E-state index in [0.717, 1.165) is 6.42 Å². The number of carbonyl (C=O) groups excluding carboxylic acids is 2. The molecule has 13 heavy (non-hydrogen) atoms. The summed E-state index contributed by atoms with van der Waals surface area (Å²) in [6.07, 6.45) is 1.33. The van der Waals surface area contributed by atoms with Crippen molar-refractivity contribution < 1.29 is 9.59 Å². The Balaban J connectivity index is 4.08. The largest absolute Gasteiger partial charge is 0.358 e. The molecule has 0 unspecified atom stereocenters. The van der Waals surface area contributed by atoms with E-state index in [0.29, 0.717) is 13.0 Å². The normalized spacial score (nSPS) is 9.46. The summed E-state index contributed by atoms with van der Waals surface area (Å²) in [6, 6.07) is 0. The maximum Gasteiger partial charge on any atom is 0.239 e. The van der Waals surface area contributed by atoms with Gasteiger partial charge in [-0.15, -0.1) is 0 Å². The Kier molecular flexibility index (Phi) is 5.93. The van der Waals surface area contributed by atoms with E-state index < -0.39 is 0 Å². The van der Waals surface area contributed by atoms with Gasteiger partial charge in [0.15, 0.2) is 0 Å². The summed E-state index contributed by atoms with van der Waals surface area (Å²) < 4.78 is 0. The predicted molar refractivity (Wildman–Crippen MR) is 51.2 cm³/mol. The van der Waals surface area contributed by atoms with E-state index in [2.05, 4.69) is 5.32 Å². The van der Waals surface area contributed by atoms with Gasteiger partial charge < -0.3 is 10.2 Å². The van der Waals surface area contributed by atoms with E-state index in [1.807, 2.05) is 6.92 Å². The minimum Gasteiger partial charge on any atom is -0.358 e. The number of nitrogens with one attached hydrogen (secondary N) is 1. The fraction of sp³-hybridized carbons (Fsp3) is 0.778. The molecule has 0 aliphatic carbocycles. The molecule has 0 aliphatic heterocycles. The molecule has 4 heteroatoms. The van der Waals surface area contributed by atoms with Crippen molar-refractivity contribution in [3.8, 4) is 0 Å². The molecule has 0 aliphatic rings. The second-order valence-electron chi connectivity index (χ2n) is 2.84. The van der Waals surface area contributed by atoms with Crippen LogP contribution in [0.3, 0.4) is 0 Å². The number of carbonyl (C=O) groups is 2. The van der Waals surface area contributed by atoms with Crippen LogP contribution in [0.15, 0.2) is 0 Å². The maximum absolute atomic E-state index is 11.3. The van der Waals surface area contributed by atoms with Gasteiger partial charge in [0.25, 0.3) is 0 Å². The van der Waals surface area contributed by atoms with Crippen molar-refractivity contribution in [2.24, 2.45) is 0 Å². The third kappa shape index (κ3) is 4.50. The smallest absolute Gasteiger partial charge is 0.239 e. The molecule has 0 saturated heterocycles. The van der Waals surface area contributed by atoms with Gasteiger partial charge in [0.2, 0.25) is 11.8 Å². The van der Waals surface area contributed by atoms with Crippen LogP contribution in [0.25, 0.3) is 0 Å². The molecule has 0 fully saturated rings. The Bertz CT molecular complexity index is 180. The second-order valence-corrected chi connectivity index (χ2v) is 2.84. The summed E-state index contributed by atoms with van der Waals surface area (Å²) in [5.41, 5.74) is 0. The number of hydrogen-bond acceptors (Lipinski definition) is 2. The first-order chi connectivity index (χ1) is 6.15. The van der Waals surface area contributed by atoms with Crippen LogP contribution < -0.4 is 5.32 Å². The number of amides is 2. The van der Waals surface area contributed by atoms with Crippen molar-refractivity contribution in [2.45, 2.75) is 26.7 Å². The Morgan fingerprint density at radius 1 is 1.31 bits per heavy atom.